The maximum atomic E-state index is 12.3. The van der Waals surface area contributed by atoms with Gasteiger partial charge < -0.3 is 10.2 Å². The Balaban J connectivity index is 1.62. The second-order valence-corrected chi connectivity index (χ2v) is 6.22. The molecule has 0 bridgehead atoms. The van der Waals surface area contributed by atoms with Crippen molar-refractivity contribution in [1.29, 1.82) is 0 Å². The highest BCUT2D eigenvalue weighted by Crippen LogP contribution is 2.34. The Morgan fingerprint density at radius 1 is 1.47 bits per heavy atom. The van der Waals surface area contributed by atoms with E-state index < -0.39 is 0 Å². The van der Waals surface area contributed by atoms with E-state index in [9.17, 15) is 9.59 Å². The summed E-state index contributed by atoms with van der Waals surface area (Å²) in [7, 11) is 0. The van der Waals surface area contributed by atoms with Gasteiger partial charge in [-0.25, -0.2) is 4.98 Å². The van der Waals surface area contributed by atoms with Gasteiger partial charge in [0.1, 0.15) is 6.04 Å². The summed E-state index contributed by atoms with van der Waals surface area (Å²) in [5, 5.41) is 5.85. The van der Waals surface area contributed by atoms with Crippen molar-refractivity contribution in [1.82, 2.24) is 15.2 Å². The first kappa shape index (κ1) is 12.6. The number of amides is 2. The van der Waals surface area contributed by atoms with E-state index in [0.29, 0.717) is 12.5 Å². The highest BCUT2D eigenvalue weighted by atomic mass is 32.1. The molecule has 1 aliphatic heterocycles. The van der Waals surface area contributed by atoms with Gasteiger partial charge in [0, 0.05) is 24.0 Å². The van der Waals surface area contributed by atoms with Gasteiger partial charge in [-0.15, -0.1) is 11.3 Å². The molecule has 1 unspecified atom stereocenters. The zero-order chi connectivity index (χ0) is 13.4. The molecule has 0 radical (unpaired) electrons. The maximum Gasteiger partial charge on any atom is 0.245 e. The quantitative estimate of drug-likeness (QED) is 0.884. The summed E-state index contributed by atoms with van der Waals surface area (Å²) >= 11 is 1.61. The van der Waals surface area contributed by atoms with Crippen LogP contribution in [0.15, 0.2) is 5.38 Å². The van der Waals surface area contributed by atoms with Gasteiger partial charge in [0.25, 0.3) is 0 Å². The summed E-state index contributed by atoms with van der Waals surface area (Å²) in [4.78, 5) is 30.0. The number of rotatable bonds is 4. The van der Waals surface area contributed by atoms with E-state index in [1.807, 2.05) is 12.3 Å². The minimum Gasteiger partial charge on any atom is -0.342 e. The topological polar surface area (TPSA) is 62.3 Å². The first-order chi connectivity index (χ1) is 9.13. The molecule has 19 heavy (non-hydrogen) atoms. The van der Waals surface area contributed by atoms with Crippen LogP contribution in [0.1, 0.15) is 23.5 Å². The molecule has 2 fully saturated rings. The maximum absolute atomic E-state index is 12.3. The number of piperazine rings is 1. The summed E-state index contributed by atoms with van der Waals surface area (Å²) in [5.41, 5.74) is 1.01. The fourth-order valence-corrected chi connectivity index (χ4v) is 3.18. The third-order valence-corrected chi connectivity index (χ3v) is 4.61. The van der Waals surface area contributed by atoms with Crippen molar-refractivity contribution in [3.63, 3.8) is 0 Å². The Kier molecular flexibility index (Phi) is 3.26. The lowest BCUT2D eigenvalue weighted by molar-refractivity contribution is -0.144. The molecule has 1 saturated carbocycles. The van der Waals surface area contributed by atoms with Crippen LogP contribution in [-0.4, -0.2) is 40.8 Å². The molecule has 1 N–H and O–H groups in total. The fourth-order valence-electron chi connectivity index (χ4n) is 2.42. The summed E-state index contributed by atoms with van der Waals surface area (Å²) in [6, 6.07) is -0.278. The SMILES string of the molecule is Cc1csc(CCN2CC(=O)NC(C3CC3)C2=O)n1. The number of nitrogens with one attached hydrogen (secondary N) is 1. The zero-order valence-corrected chi connectivity index (χ0v) is 11.7. The van der Waals surface area contributed by atoms with Crippen LogP contribution >= 0.6 is 11.3 Å². The van der Waals surface area contributed by atoms with Gasteiger partial charge in [0.2, 0.25) is 11.8 Å². The van der Waals surface area contributed by atoms with E-state index in [2.05, 4.69) is 10.3 Å². The lowest BCUT2D eigenvalue weighted by atomic mass is 10.1. The Labute approximate surface area is 116 Å². The molecular formula is C13H17N3O2S. The smallest absolute Gasteiger partial charge is 0.245 e. The van der Waals surface area contributed by atoms with E-state index in [1.165, 1.54) is 0 Å². The molecule has 5 nitrogen and oxygen atoms in total. The Morgan fingerprint density at radius 2 is 2.26 bits per heavy atom. The van der Waals surface area contributed by atoms with Crippen LogP contribution in [-0.2, 0) is 16.0 Å². The number of carbonyl (C=O) groups is 2. The molecule has 0 spiro atoms. The summed E-state index contributed by atoms with van der Waals surface area (Å²) in [6.45, 7) is 2.73. The van der Waals surface area contributed by atoms with E-state index in [1.54, 1.807) is 16.2 Å². The van der Waals surface area contributed by atoms with Gasteiger partial charge in [0.15, 0.2) is 0 Å². The summed E-state index contributed by atoms with van der Waals surface area (Å²) in [5.74, 6) is 0.406. The zero-order valence-electron chi connectivity index (χ0n) is 10.9. The largest absolute Gasteiger partial charge is 0.342 e. The van der Waals surface area contributed by atoms with Crippen molar-refractivity contribution in [2.45, 2.75) is 32.2 Å². The molecule has 3 rings (SSSR count). The van der Waals surface area contributed by atoms with Crippen LogP contribution in [0.4, 0.5) is 0 Å². The molecule has 1 atom stereocenters. The highest BCUT2D eigenvalue weighted by molar-refractivity contribution is 7.09. The van der Waals surface area contributed by atoms with Crippen LogP contribution < -0.4 is 5.32 Å². The third kappa shape index (κ3) is 2.78. The molecule has 102 valence electrons. The van der Waals surface area contributed by atoms with Crippen molar-refractivity contribution in [2.75, 3.05) is 13.1 Å². The lowest BCUT2D eigenvalue weighted by Gasteiger charge is -2.32. The Morgan fingerprint density at radius 3 is 2.89 bits per heavy atom. The number of aromatic nitrogens is 1. The minimum atomic E-state index is -0.278. The fraction of sp³-hybridized carbons (Fsp3) is 0.615. The molecule has 6 heteroatoms. The molecule has 2 aliphatic rings. The lowest BCUT2D eigenvalue weighted by Crippen LogP contribution is -2.59. The third-order valence-electron chi connectivity index (χ3n) is 3.58. The van der Waals surface area contributed by atoms with Crippen LogP contribution in [0.2, 0.25) is 0 Å². The van der Waals surface area contributed by atoms with Crippen LogP contribution in [0.25, 0.3) is 0 Å². The average Bonchev–Trinajstić information content (AvgIpc) is 3.13. The number of aryl methyl sites for hydroxylation is 1. The summed E-state index contributed by atoms with van der Waals surface area (Å²) < 4.78 is 0. The first-order valence-corrected chi connectivity index (χ1v) is 7.50. The first-order valence-electron chi connectivity index (χ1n) is 6.62. The summed E-state index contributed by atoms with van der Waals surface area (Å²) in [6.07, 6.45) is 2.83. The predicted octanol–water partition coefficient (Wildman–Crippen LogP) is 0.731. The molecule has 1 aromatic rings. The van der Waals surface area contributed by atoms with Gasteiger partial charge in [-0.05, 0) is 25.7 Å². The molecule has 2 amide bonds. The van der Waals surface area contributed by atoms with Gasteiger partial charge in [-0.2, -0.15) is 0 Å². The monoisotopic (exact) mass is 279 g/mol. The molecular weight excluding hydrogens is 262 g/mol. The van der Waals surface area contributed by atoms with Crippen LogP contribution in [0, 0.1) is 12.8 Å². The Hall–Kier alpha value is -1.43. The van der Waals surface area contributed by atoms with Crippen molar-refractivity contribution in [3.8, 4) is 0 Å². The van der Waals surface area contributed by atoms with Crippen molar-refractivity contribution in [2.24, 2.45) is 5.92 Å². The number of thiazole rings is 1. The molecule has 1 saturated heterocycles. The van der Waals surface area contributed by atoms with Gasteiger partial charge in [-0.1, -0.05) is 0 Å². The predicted molar refractivity (Wildman–Crippen MR) is 71.8 cm³/mol. The van der Waals surface area contributed by atoms with E-state index in [0.717, 1.165) is 30.0 Å². The van der Waals surface area contributed by atoms with Crippen molar-refractivity contribution >= 4 is 23.2 Å². The number of hydrogen-bond acceptors (Lipinski definition) is 4. The van der Waals surface area contributed by atoms with E-state index in [-0.39, 0.29) is 24.4 Å². The highest BCUT2D eigenvalue weighted by Gasteiger charge is 2.42. The molecule has 1 aromatic heterocycles. The standard InChI is InChI=1S/C13H17N3O2S/c1-8-7-19-11(14-8)4-5-16-6-10(17)15-12(13(16)18)9-2-3-9/h7,9,12H,2-6H2,1H3,(H,15,17). The van der Waals surface area contributed by atoms with E-state index >= 15 is 0 Å². The second-order valence-electron chi connectivity index (χ2n) is 5.28. The molecule has 2 heterocycles. The van der Waals surface area contributed by atoms with Gasteiger partial charge in [-0.3, -0.25) is 9.59 Å². The number of carbonyl (C=O) groups excluding carboxylic acids is 2. The van der Waals surface area contributed by atoms with Crippen LogP contribution in [0.3, 0.4) is 0 Å². The molecule has 0 aromatic carbocycles. The van der Waals surface area contributed by atoms with Gasteiger partial charge >= 0.3 is 0 Å². The van der Waals surface area contributed by atoms with Crippen LogP contribution in [0.5, 0.6) is 0 Å². The van der Waals surface area contributed by atoms with E-state index in [4.69, 9.17) is 0 Å². The Bertz CT molecular complexity index is 510. The second kappa shape index (κ2) is 4.92. The average molecular weight is 279 g/mol. The minimum absolute atomic E-state index is 0.0354. The number of nitrogens with zero attached hydrogens (tertiary/aromatic N) is 2. The molecule has 1 aliphatic carbocycles. The normalized spacial score (nSPS) is 23.6. The number of hydrogen-bond donors (Lipinski definition) is 1. The van der Waals surface area contributed by atoms with Crippen molar-refractivity contribution in [3.05, 3.63) is 16.1 Å². The van der Waals surface area contributed by atoms with Crippen molar-refractivity contribution < 1.29 is 9.59 Å². The van der Waals surface area contributed by atoms with Gasteiger partial charge in [0.05, 0.1) is 11.6 Å².